The standard InChI is InChI=1S/C9H16O4/c1-3-4-5-13-8(6-10)7(2)9(11)12/h8,10H,2-6H2,1H3,(H,11,12). The van der Waals surface area contributed by atoms with Crippen LogP contribution < -0.4 is 0 Å². The van der Waals surface area contributed by atoms with Crippen LogP contribution >= 0.6 is 0 Å². The van der Waals surface area contributed by atoms with Crippen molar-refractivity contribution in [2.24, 2.45) is 0 Å². The minimum atomic E-state index is -1.13. The lowest BCUT2D eigenvalue weighted by atomic mass is 10.2. The summed E-state index contributed by atoms with van der Waals surface area (Å²) in [7, 11) is 0. The van der Waals surface area contributed by atoms with Gasteiger partial charge >= 0.3 is 5.97 Å². The molecule has 0 bridgehead atoms. The molecule has 4 nitrogen and oxygen atoms in total. The van der Waals surface area contributed by atoms with Gasteiger partial charge in [-0.3, -0.25) is 0 Å². The second-order valence-corrected chi connectivity index (χ2v) is 2.73. The summed E-state index contributed by atoms with van der Waals surface area (Å²) in [5.41, 5.74) is -0.0985. The highest BCUT2D eigenvalue weighted by Gasteiger charge is 2.17. The number of carbonyl (C=O) groups is 1. The molecular weight excluding hydrogens is 172 g/mol. The van der Waals surface area contributed by atoms with Crippen LogP contribution in [-0.4, -0.2) is 35.5 Å². The van der Waals surface area contributed by atoms with Crippen LogP contribution in [0, 0.1) is 0 Å². The zero-order chi connectivity index (χ0) is 10.3. The van der Waals surface area contributed by atoms with Gasteiger partial charge in [0.15, 0.2) is 0 Å². The van der Waals surface area contributed by atoms with Crippen molar-refractivity contribution in [3.63, 3.8) is 0 Å². The Balaban J connectivity index is 3.88. The van der Waals surface area contributed by atoms with Gasteiger partial charge in [0.05, 0.1) is 12.2 Å². The Morgan fingerprint density at radius 3 is 2.62 bits per heavy atom. The van der Waals surface area contributed by atoms with Gasteiger partial charge < -0.3 is 14.9 Å². The number of aliphatic hydroxyl groups is 1. The molecule has 0 aromatic heterocycles. The van der Waals surface area contributed by atoms with Gasteiger partial charge in [-0.2, -0.15) is 0 Å². The molecule has 1 atom stereocenters. The lowest BCUT2D eigenvalue weighted by Gasteiger charge is -2.14. The fraction of sp³-hybridized carbons (Fsp3) is 0.667. The van der Waals surface area contributed by atoms with Crippen molar-refractivity contribution in [1.29, 1.82) is 0 Å². The first-order valence-electron chi connectivity index (χ1n) is 4.28. The van der Waals surface area contributed by atoms with Crippen molar-refractivity contribution in [2.75, 3.05) is 13.2 Å². The number of aliphatic carboxylic acids is 1. The van der Waals surface area contributed by atoms with Crippen molar-refractivity contribution < 1.29 is 19.7 Å². The summed E-state index contributed by atoms with van der Waals surface area (Å²) >= 11 is 0. The fourth-order valence-electron chi connectivity index (χ4n) is 0.771. The normalized spacial score (nSPS) is 12.5. The SMILES string of the molecule is C=C(C(=O)O)C(CO)OCCCC. The molecule has 0 amide bonds. The molecule has 76 valence electrons. The Morgan fingerprint density at radius 2 is 2.23 bits per heavy atom. The van der Waals surface area contributed by atoms with E-state index in [1.54, 1.807) is 0 Å². The molecule has 0 saturated carbocycles. The molecule has 1 unspecified atom stereocenters. The first-order valence-corrected chi connectivity index (χ1v) is 4.28. The van der Waals surface area contributed by atoms with Crippen LogP contribution in [0.1, 0.15) is 19.8 Å². The predicted molar refractivity (Wildman–Crippen MR) is 48.5 cm³/mol. The van der Waals surface area contributed by atoms with E-state index in [2.05, 4.69) is 6.58 Å². The molecule has 4 heteroatoms. The van der Waals surface area contributed by atoms with Crippen LogP contribution in [0.2, 0.25) is 0 Å². The quantitative estimate of drug-likeness (QED) is 0.458. The van der Waals surface area contributed by atoms with Crippen molar-refractivity contribution in [3.8, 4) is 0 Å². The third kappa shape index (κ3) is 4.65. The molecular formula is C9H16O4. The lowest BCUT2D eigenvalue weighted by molar-refractivity contribution is -0.134. The van der Waals surface area contributed by atoms with Gasteiger partial charge in [-0.15, -0.1) is 0 Å². The Labute approximate surface area is 77.8 Å². The topological polar surface area (TPSA) is 66.8 Å². The van der Waals surface area contributed by atoms with Gasteiger partial charge in [-0.25, -0.2) is 4.79 Å². The Morgan fingerprint density at radius 1 is 1.62 bits per heavy atom. The van der Waals surface area contributed by atoms with Crippen LogP contribution in [-0.2, 0) is 9.53 Å². The number of hydrogen-bond donors (Lipinski definition) is 2. The Bertz CT molecular complexity index is 176. The van der Waals surface area contributed by atoms with Gasteiger partial charge in [0.25, 0.3) is 0 Å². The number of carboxylic acids is 1. The van der Waals surface area contributed by atoms with Crippen molar-refractivity contribution in [3.05, 3.63) is 12.2 Å². The number of aliphatic hydroxyl groups excluding tert-OH is 1. The minimum absolute atomic E-state index is 0.0985. The summed E-state index contributed by atoms with van der Waals surface area (Å²) in [6, 6.07) is 0. The first-order chi connectivity index (χ1) is 6.13. The molecule has 0 aromatic rings. The highest BCUT2D eigenvalue weighted by Crippen LogP contribution is 2.05. The van der Waals surface area contributed by atoms with E-state index >= 15 is 0 Å². The van der Waals surface area contributed by atoms with E-state index in [0.717, 1.165) is 12.8 Å². The van der Waals surface area contributed by atoms with E-state index in [1.165, 1.54) is 0 Å². The molecule has 13 heavy (non-hydrogen) atoms. The van der Waals surface area contributed by atoms with E-state index in [0.29, 0.717) is 6.61 Å². The maximum Gasteiger partial charge on any atom is 0.333 e. The number of ether oxygens (including phenoxy) is 1. The van der Waals surface area contributed by atoms with Crippen molar-refractivity contribution >= 4 is 5.97 Å². The summed E-state index contributed by atoms with van der Waals surface area (Å²) in [4.78, 5) is 10.4. The molecule has 2 N–H and O–H groups in total. The number of rotatable bonds is 7. The highest BCUT2D eigenvalue weighted by atomic mass is 16.5. The van der Waals surface area contributed by atoms with Crippen LogP contribution in [0.15, 0.2) is 12.2 Å². The zero-order valence-corrected chi connectivity index (χ0v) is 7.82. The maximum atomic E-state index is 10.4. The molecule has 0 saturated heterocycles. The van der Waals surface area contributed by atoms with Crippen LogP contribution in [0.4, 0.5) is 0 Å². The van der Waals surface area contributed by atoms with Gasteiger partial charge in [-0.1, -0.05) is 19.9 Å². The second kappa shape index (κ2) is 6.62. The Kier molecular flexibility index (Phi) is 6.18. The zero-order valence-electron chi connectivity index (χ0n) is 7.82. The van der Waals surface area contributed by atoms with Gasteiger partial charge in [-0.05, 0) is 6.42 Å². The molecule has 0 heterocycles. The average molecular weight is 188 g/mol. The van der Waals surface area contributed by atoms with E-state index in [-0.39, 0.29) is 12.2 Å². The van der Waals surface area contributed by atoms with E-state index in [4.69, 9.17) is 14.9 Å². The molecule has 0 aliphatic rings. The maximum absolute atomic E-state index is 10.4. The summed E-state index contributed by atoms with van der Waals surface area (Å²) in [5, 5.41) is 17.3. The Hall–Kier alpha value is -0.870. The summed E-state index contributed by atoms with van der Waals surface area (Å²) in [6.45, 7) is 5.44. The number of hydrogen-bond acceptors (Lipinski definition) is 3. The minimum Gasteiger partial charge on any atom is -0.478 e. The predicted octanol–water partition coefficient (Wildman–Crippen LogP) is 0.805. The largest absolute Gasteiger partial charge is 0.478 e. The van der Waals surface area contributed by atoms with Gasteiger partial charge in [0.1, 0.15) is 6.10 Å². The van der Waals surface area contributed by atoms with Crippen LogP contribution in [0.3, 0.4) is 0 Å². The lowest BCUT2D eigenvalue weighted by Crippen LogP contribution is -2.25. The smallest absolute Gasteiger partial charge is 0.333 e. The van der Waals surface area contributed by atoms with Crippen molar-refractivity contribution in [2.45, 2.75) is 25.9 Å². The molecule has 0 rings (SSSR count). The van der Waals surface area contributed by atoms with E-state index in [9.17, 15) is 4.79 Å². The summed E-state index contributed by atoms with van der Waals surface area (Å²) in [5.74, 6) is -1.13. The highest BCUT2D eigenvalue weighted by molar-refractivity contribution is 5.86. The molecule has 0 aromatic carbocycles. The van der Waals surface area contributed by atoms with Gasteiger partial charge in [0, 0.05) is 6.61 Å². The number of unbranched alkanes of at least 4 members (excludes halogenated alkanes) is 1. The third-order valence-electron chi connectivity index (χ3n) is 1.65. The van der Waals surface area contributed by atoms with Crippen LogP contribution in [0.25, 0.3) is 0 Å². The fourth-order valence-corrected chi connectivity index (χ4v) is 0.771. The average Bonchev–Trinajstić information content (AvgIpc) is 2.11. The molecule has 0 radical (unpaired) electrons. The summed E-state index contributed by atoms with van der Waals surface area (Å²) in [6.07, 6.45) is 1.05. The molecule has 0 fully saturated rings. The first kappa shape index (κ1) is 12.1. The molecule has 0 aliphatic carbocycles. The van der Waals surface area contributed by atoms with Crippen molar-refractivity contribution in [1.82, 2.24) is 0 Å². The van der Waals surface area contributed by atoms with Crippen LogP contribution in [0.5, 0.6) is 0 Å². The second-order valence-electron chi connectivity index (χ2n) is 2.73. The van der Waals surface area contributed by atoms with E-state index in [1.807, 2.05) is 6.92 Å². The molecule has 0 aliphatic heterocycles. The van der Waals surface area contributed by atoms with E-state index < -0.39 is 12.1 Å². The third-order valence-corrected chi connectivity index (χ3v) is 1.65. The summed E-state index contributed by atoms with van der Waals surface area (Å²) < 4.78 is 5.12. The number of carboxylic acid groups (broad SMARTS) is 1. The molecule has 0 spiro atoms. The monoisotopic (exact) mass is 188 g/mol. The van der Waals surface area contributed by atoms with Gasteiger partial charge in [0.2, 0.25) is 0 Å².